The Labute approximate surface area is 95.7 Å². The number of nitrogens with zero attached hydrogens (tertiary/aromatic N) is 3. The monoisotopic (exact) mass is 221 g/mol. The maximum absolute atomic E-state index is 5.78. The fourth-order valence-electron chi connectivity index (χ4n) is 1.72. The highest BCUT2D eigenvalue weighted by Gasteiger charge is 2.16. The standard InChI is InChI=1S/C11H19N5/c1-16-10(5-6-15-16)8-14-11(12)13-7-9-3-2-4-9/h5-6,9H,2-4,7-8H2,1H3,(H3,12,13,14). The van der Waals surface area contributed by atoms with E-state index in [1.807, 2.05) is 17.8 Å². The number of nitrogens with two attached hydrogens (primary N) is 1. The van der Waals surface area contributed by atoms with Gasteiger partial charge in [0.2, 0.25) is 0 Å². The van der Waals surface area contributed by atoms with E-state index >= 15 is 0 Å². The van der Waals surface area contributed by atoms with Gasteiger partial charge in [-0.1, -0.05) is 6.42 Å². The Hall–Kier alpha value is -1.52. The summed E-state index contributed by atoms with van der Waals surface area (Å²) >= 11 is 0. The van der Waals surface area contributed by atoms with Crippen molar-refractivity contribution in [1.29, 1.82) is 0 Å². The Morgan fingerprint density at radius 3 is 3.06 bits per heavy atom. The normalized spacial score (nSPS) is 17.2. The van der Waals surface area contributed by atoms with Gasteiger partial charge in [0.15, 0.2) is 5.96 Å². The van der Waals surface area contributed by atoms with Crippen molar-refractivity contribution < 1.29 is 0 Å². The van der Waals surface area contributed by atoms with Crippen molar-refractivity contribution in [2.75, 3.05) is 6.54 Å². The van der Waals surface area contributed by atoms with Gasteiger partial charge in [-0.05, 0) is 24.8 Å². The zero-order chi connectivity index (χ0) is 11.4. The van der Waals surface area contributed by atoms with E-state index in [1.165, 1.54) is 19.3 Å². The van der Waals surface area contributed by atoms with Gasteiger partial charge in [-0.2, -0.15) is 5.10 Å². The van der Waals surface area contributed by atoms with Crippen LogP contribution in [0.3, 0.4) is 0 Å². The Kier molecular flexibility index (Phi) is 3.44. The first-order valence-electron chi connectivity index (χ1n) is 5.76. The minimum Gasteiger partial charge on any atom is -0.370 e. The van der Waals surface area contributed by atoms with E-state index in [2.05, 4.69) is 15.4 Å². The Balaban J connectivity index is 1.75. The molecule has 1 aromatic heterocycles. The molecule has 3 N–H and O–H groups in total. The first-order valence-corrected chi connectivity index (χ1v) is 5.76. The van der Waals surface area contributed by atoms with Crippen LogP contribution >= 0.6 is 0 Å². The molecule has 1 saturated carbocycles. The second kappa shape index (κ2) is 5.01. The lowest BCUT2D eigenvalue weighted by molar-refractivity contribution is 0.315. The third kappa shape index (κ3) is 2.74. The van der Waals surface area contributed by atoms with Crippen LogP contribution in [0.25, 0.3) is 0 Å². The fourth-order valence-corrected chi connectivity index (χ4v) is 1.72. The minimum atomic E-state index is 0.535. The summed E-state index contributed by atoms with van der Waals surface area (Å²) in [5.74, 6) is 1.33. The predicted octanol–water partition coefficient (Wildman–Crippen LogP) is 0.624. The quantitative estimate of drug-likeness (QED) is 0.578. The Morgan fingerprint density at radius 1 is 1.69 bits per heavy atom. The van der Waals surface area contributed by atoms with E-state index < -0.39 is 0 Å². The molecular formula is C11H19N5. The summed E-state index contributed by atoms with van der Waals surface area (Å²) in [6, 6.07) is 1.95. The van der Waals surface area contributed by atoms with Crippen molar-refractivity contribution in [3.05, 3.63) is 18.0 Å². The summed E-state index contributed by atoms with van der Waals surface area (Å²) in [6.07, 6.45) is 5.77. The number of hydrogen-bond acceptors (Lipinski definition) is 2. The molecule has 1 aromatic rings. The van der Waals surface area contributed by atoms with Gasteiger partial charge >= 0.3 is 0 Å². The summed E-state index contributed by atoms with van der Waals surface area (Å²) in [5, 5.41) is 7.24. The second-order valence-electron chi connectivity index (χ2n) is 4.33. The van der Waals surface area contributed by atoms with E-state index in [4.69, 9.17) is 5.73 Å². The Bertz CT molecular complexity index is 364. The van der Waals surface area contributed by atoms with Gasteiger partial charge in [0, 0.05) is 19.8 Å². The first-order chi connectivity index (χ1) is 7.75. The number of aliphatic imine (C=N–C) groups is 1. The number of guanidine groups is 1. The molecule has 0 radical (unpaired) electrons. The van der Waals surface area contributed by atoms with Crippen LogP contribution in [0.15, 0.2) is 17.3 Å². The fraction of sp³-hybridized carbons (Fsp3) is 0.636. The Morgan fingerprint density at radius 2 is 2.50 bits per heavy atom. The van der Waals surface area contributed by atoms with Gasteiger partial charge in [0.1, 0.15) is 0 Å². The van der Waals surface area contributed by atoms with E-state index in [0.29, 0.717) is 12.5 Å². The molecule has 0 atom stereocenters. The van der Waals surface area contributed by atoms with Gasteiger partial charge < -0.3 is 11.1 Å². The molecule has 5 heteroatoms. The minimum absolute atomic E-state index is 0.535. The number of hydrogen-bond donors (Lipinski definition) is 2. The van der Waals surface area contributed by atoms with Crippen LogP contribution in [0, 0.1) is 5.92 Å². The molecule has 0 saturated heterocycles. The zero-order valence-corrected chi connectivity index (χ0v) is 9.69. The highest BCUT2D eigenvalue weighted by Crippen LogP contribution is 2.24. The first kappa shape index (κ1) is 11.0. The highest BCUT2D eigenvalue weighted by molar-refractivity contribution is 5.77. The predicted molar refractivity (Wildman–Crippen MR) is 63.9 cm³/mol. The summed E-state index contributed by atoms with van der Waals surface area (Å²) in [5.41, 5.74) is 6.84. The summed E-state index contributed by atoms with van der Waals surface area (Å²) in [4.78, 5) is 4.28. The molecule has 5 nitrogen and oxygen atoms in total. The van der Waals surface area contributed by atoms with Crippen molar-refractivity contribution in [3.63, 3.8) is 0 Å². The molecule has 0 spiro atoms. The lowest BCUT2D eigenvalue weighted by Gasteiger charge is -2.25. The third-order valence-electron chi connectivity index (χ3n) is 3.13. The topological polar surface area (TPSA) is 68.2 Å². The average Bonchev–Trinajstić information content (AvgIpc) is 2.59. The van der Waals surface area contributed by atoms with E-state index in [1.54, 1.807) is 6.20 Å². The van der Waals surface area contributed by atoms with Crippen molar-refractivity contribution in [2.45, 2.75) is 25.8 Å². The van der Waals surface area contributed by atoms with Crippen molar-refractivity contribution >= 4 is 5.96 Å². The summed E-state index contributed by atoms with van der Waals surface area (Å²) < 4.78 is 1.81. The van der Waals surface area contributed by atoms with Crippen LogP contribution in [-0.2, 0) is 13.6 Å². The smallest absolute Gasteiger partial charge is 0.188 e. The maximum Gasteiger partial charge on any atom is 0.188 e. The SMILES string of the molecule is Cn1nccc1CN=C(N)NCC1CCC1. The molecule has 0 unspecified atom stereocenters. The zero-order valence-electron chi connectivity index (χ0n) is 9.69. The van der Waals surface area contributed by atoms with Crippen LogP contribution in [-0.4, -0.2) is 22.3 Å². The largest absolute Gasteiger partial charge is 0.370 e. The third-order valence-corrected chi connectivity index (χ3v) is 3.13. The molecule has 1 aliphatic carbocycles. The van der Waals surface area contributed by atoms with Crippen molar-refractivity contribution in [3.8, 4) is 0 Å². The van der Waals surface area contributed by atoms with E-state index in [9.17, 15) is 0 Å². The molecule has 0 amide bonds. The lowest BCUT2D eigenvalue weighted by atomic mass is 9.85. The van der Waals surface area contributed by atoms with Gasteiger partial charge in [0.25, 0.3) is 0 Å². The number of aromatic nitrogens is 2. The van der Waals surface area contributed by atoms with E-state index in [-0.39, 0.29) is 0 Å². The molecular weight excluding hydrogens is 202 g/mol. The molecule has 0 bridgehead atoms. The highest BCUT2D eigenvalue weighted by atomic mass is 15.3. The van der Waals surface area contributed by atoms with Gasteiger partial charge in [-0.3, -0.25) is 4.68 Å². The second-order valence-corrected chi connectivity index (χ2v) is 4.33. The molecule has 1 heterocycles. The molecule has 1 aliphatic rings. The molecule has 1 fully saturated rings. The van der Waals surface area contributed by atoms with Crippen LogP contribution < -0.4 is 11.1 Å². The van der Waals surface area contributed by atoms with Crippen molar-refractivity contribution in [2.24, 2.45) is 23.7 Å². The summed E-state index contributed by atoms with van der Waals surface area (Å²) in [6.45, 7) is 1.54. The summed E-state index contributed by atoms with van der Waals surface area (Å²) in [7, 11) is 1.91. The number of rotatable bonds is 4. The number of aryl methyl sites for hydroxylation is 1. The van der Waals surface area contributed by atoms with Crippen LogP contribution in [0.4, 0.5) is 0 Å². The molecule has 0 aromatic carbocycles. The molecule has 2 rings (SSSR count). The van der Waals surface area contributed by atoms with Gasteiger partial charge in [0.05, 0.1) is 12.2 Å². The van der Waals surface area contributed by atoms with Gasteiger partial charge in [-0.15, -0.1) is 0 Å². The van der Waals surface area contributed by atoms with E-state index in [0.717, 1.165) is 18.2 Å². The van der Waals surface area contributed by atoms with Crippen molar-refractivity contribution in [1.82, 2.24) is 15.1 Å². The molecule has 0 aliphatic heterocycles. The van der Waals surface area contributed by atoms with Crippen LogP contribution in [0.1, 0.15) is 25.0 Å². The number of nitrogens with one attached hydrogen (secondary N) is 1. The maximum atomic E-state index is 5.78. The molecule has 16 heavy (non-hydrogen) atoms. The van der Waals surface area contributed by atoms with Gasteiger partial charge in [-0.25, -0.2) is 4.99 Å². The average molecular weight is 221 g/mol. The molecule has 88 valence electrons. The van der Waals surface area contributed by atoms with Crippen LogP contribution in [0.2, 0.25) is 0 Å². The lowest BCUT2D eigenvalue weighted by Crippen LogP contribution is -2.37. The van der Waals surface area contributed by atoms with Crippen LogP contribution in [0.5, 0.6) is 0 Å².